The van der Waals surface area contributed by atoms with Crippen LogP contribution in [0.15, 0.2) is 48.5 Å². The van der Waals surface area contributed by atoms with Gasteiger partial charge in [-0.2, -0.15) is 0 Å². The Hall–Kier alpha value is -2.00. The molecule has 3 N–H and O–H groups in total. The highest BCUT2D eigenvalue weighted by molar-refractivity contribution is 6.33. The summed E-state index contributed by atoms with van der Waals surface area (Å²) in [5.74, 6) is 0.0355. The van der Waals surface area contributed by atoms with E-state index in [1.165, 1.54) is 5.56 Å². The lowest BCUT2D eigenvalue weighted by atomic mass is 10.0. The van der Waals surface area contributed by atoms with Gasteiger partial charge in [-0.25, -0.2) is 0 Å². The van der Waals surface area contributed by atoms with Crippen LogP contribution in [-0.4, -0.2) is 12.5 Å². The Morgan fingerprint density at radius 3 is 2.60 bits per heavy atom. The SMILES string of the molecule is CC(CNC(=O)c1cccc(Cl)c1N)c1ccccc1. The van der Waals surface area contributed by atoms with E-state index in [0.717, 1.165) is 0 Å². The van der Waals surface area contributed by atoms with Crippen molar-refractivity contribution >= 4 is 23.2 Å². The van der Waals surface area contributed by atoms with Crippen LogP contribution in [0.5, 0.6) is 0 Å². The fourth-order valence-electron chi connectivity index (χ4n) is 1.98. The van der Waals surface area contributed by atoms with Crippen LogP contribution >= 0.6 is 11.6 Å². The first-order valence-corrected chi connectivity index (χ1v) is 6.84. The highest BCUT2D eigenvalue weighted by Crippen LogP contribution is 2.22. The van der Waals surface area contributed by atoms with Crippen molar-refractivity contribution in [2.75, 3.05) is 12.3 Å². The molecule has 0 radical (unpaired) electrons. The molecule has 0 saturated carbocycles. The van der Waals surface area contributed by atoms with Gasteiger partial charge in [0.2, 0.25) is 0 Å². The zero-order valence-electron chi connectivity index (χ0n) is 11.3. The van der Waals surface area contributed by atoms with Crippen molar-refractivity contribution in [2.45, 2.75) is 12.8 Å². The molecule has 0 aromatic heterocycles. The van der Waals surface area contributed by atoms with Crippen molar-refractivity contribution < 1.29 is 4.79 Å². The molecule has 2 aromatic rings. The number of nitrogens with two attached hydrogens (primary N) is 1. The van der Waals surface area contributed by atoms with Gasteiger partial charge in [0.1, 0.15) is 0 Å². The molecule has 0 fully saturated rings. The summed E-state index contributed by atoms with van der Waals surface area (Å²) in [4.78, 5) is 12.1. The average molecular weight is 289 g/mol. The molecular weight excluding hydrogens is 272 g/mol. The molecule has 4 heteroatoms. The molecule has 2 rings (SSSR count). The van der Waals surface area contributed by atoms with E-state index in [1.807, 2.05) is 30.3 Å². The summed E-state index contributed by atoms with van der Waals surface area (Å²) >= 11 is 5.91. The molecule has 104 valence electrons. The Morgan fingerprint density at radius 1 is 1.20 bits per heavy atom. The minimum atomic E-state index is -0.201. The zero-order valence-corrected chi connectivity index (χ0v) is 12.0. The topological polar surface area (TPSA) is 55.1 Å². The number of halogens is 1. The maximum atomic E-state index is 12.1. The summed E-state index contributed by atoms with van der Waals surface area (Å²) in [6.45, 7) is 2.62. The van der Waals surface area contributed by atoms with Gasteiger partial charge in [-0.05, 0) is 23.6 Å². The van der Waals surface area contributed by atoms with E-state index in [4.69, 9.17) is 17.3 Å². The van der Waals surface area contributed by atoms with Gasteiger partial charge >= 0.3 is 0 Å². The van der Waals surface area contributed by atoms with Gasteiger partial charge < -0.3 is 11.1 Å². The molecule has 0 saturated heterocycles. The Balaban J connectivity index is 2.01. The standard InChI is InChI=1S/C16H17ClN2O/c1-11(12-6-3-2-4-7-12)10-19-16(20)13-8-5-9-14(17)15(13)18/h2-9,11H,10,18H2,1H3,(H,19,20). The monoisotopic (exact) mass is 288 g/mol. The number of amides is 1. The van der Waals surface area contributed by atoms with E-state index in [-0.39, 0.29) is 11.8 Å². The van der Waals surface area contributed by atoms with Gasteiger partial charge in [0.15, 0.2) is 0 Å². The predicted octanol–water partition coefficient (Wildman–Crippen LogP) is 3.46. The number of nitrogens with one attached hydrogen (secondary N) is 1. The quantitative estimate of drug-likeness (QED) is 0.847. The maximum Gasteiger partial charge on any atom is 0.253 e. The molecule has 0 aliphatic carbocycles. The highest BCUT2D eigenvalue weighted by atomic mass is 35.5. The average Bonchev–Trinajstić information content (AvgIpc) is 2.48. The van der Waals surface area contributed by atoms with Crippen LogP contribution in [0.1, 0.15) is 28.8 Å². The van der Waals surface area contributed by atoms with Crippen molar-refractivity contribution in [1.29, 1.82) is 0 Å². The van der Waals surface area contributed by atoms with Crippen LogP contribution in [0.3, 0.4) is 0 Å². The van der Waals surface area contributed by atoms with Gasteiger partial charge in [-0.1, -0.05) is 54.9 Å². The normalized spacial score (nSPS) is 11.9. The molecule has 20 heavy (non-hydrogen) atoms. The van der Waals surface area contributed by atoms with Crippen LogP contribution in [-0.2, 0) is 0 Å². The van der Waals surface area contributed by atoms with Gasteiger partial charge in [0.05, 0.1) is 16.3 Å². The second-order valence-electron chi connectivity index (χ2n) is 4.72. The van der Waals surface area contributed by atoms with Crippen LogP contribution < -0.4 is 11.1 Å². The molecule has 0 aliphatic heterocycles. The zero-order chi connectivity index (χ0) is 14.5. The third kappa shape index (κ3) is 3.31. The number of carbonyl (C=O) groups is 1. The van der Waals surface area contributed by atoms with Crippen LogP contribution in [0.25, 0.3) is 0 Å². The Morgan fingerprint density at radius 2 is 1.90 bits per heavy atom. The van der Waals surface area contributed by atoms with Gasteiger partial charge in [-0.3, -0.25) is 4.79 Å². The number of para-hydroxylation sites is 1. The maximum absolute atomic E-state index is 12.1. The molecule has 0 bridgehead atoms. The predicted molar refractivity (Wildman–Crippen MR) is 83.1 cm³/mol. The van der Waals surface area contributed by atoms with E-state index in [9.17, 15) is 4.79 Å². The fraction of sp³-hybridized carbons (Fsp3) is 0.188. The molecule has 1 atom stereocenters. The van der Waals surface area contributed by atoms with E-state index in [0.29, 0.717) is 22.8 Å². The van der Waals surface area contributed by atoms with Crippen molar-refractivity contribution in [2.24, 2.45) is 0 Å². The van der Waals surface area contributed by atoms with Gasteiger partial charge in [0.25, 0.3) is 5.91 Å². The first-order valence-electron chi connectivity index (χ1n) is 6.46. The Labute approximate surface area is 123 Å². The van der Waals surface area contributed by atoms with E-state index >= 15 is 0 Å². The number of hydrogen-bond donors (Lipinski definition) is 2. The molecule has 3 nitrogen and oxygen atoms in total. The second-order valence-corrected chi connectivity index (χ2v) is 5.13. The van der Waals surface area contributed by atoms with E-state index in [2.05, 4.69) is 12.2 Å². The lowest BCUT2D eigenvalue weighted by Crippen LogP contribution is -2.28. The first kappa shape index (κ1) is 14.4. The largest absolute Gasteiger partial charge is 0.397 e. The minimum absolute atomic E-state index is 0.201. The number of benzene rings is 2. The van der Waals surface area contributed by atoms with E-state index in [1.54, 1.807) is 18.2 Å². The fourth-order valence-corrected chi connectivity index (χ4v) is 2.15. The summed E-state index contributed by atoms with van der Waals surface area (Å²) in [5.41, 5.74) is 7.73. The minimum Gasteiger partial charge on any atom is -0.397 e. The number of rotatable bonds is 4. The Kier molecular flexibility index (Phi) is 4.64. The van der Waals surface area contributed by atoms with Crippen molar-refractivity contribution in [3.05, 3.63) is 64.7 Å². The van der Waals surface area contributed by atoms with Crippen LogP contribution in [0.4, 0.5) is 5.69 Å². The highest BCUT2D eigenvalue weighted by Gasteiger charge is 2.13. The van der Waals surface area contributed by atoms with E-state index < -0.39 is 0 Å². The Bertz CT molecular complexity index is 599. The molecule has 0 aliphatic rings. The van der Waals surface area contributed by atoms with Gasteiger partial charge in [0, 0.05) is 6.54 Å². The number of anilines is 1. The summed E-state index contributed by atoms with van der Waals surface area (Å²) < 4.78 is 0. The second kappa shape index (κ2) is 6.44. The number of carbonyl (C=O) groups excluding carboxylic acids is 1. The third-order valence-corrected chi connectivity index (χ3v) is 3.56. The molecular formula is C16H17ClN2O. The summed E-state index contributed by atoms with van der Waals surface area (Å²) in [7, 11) is 0. The number of nitrogen functional groups attached to an aromatic ring is 1. The molecule has 0 heterocycles. The molecule has 0 spiro atoms. The summed E-state index contributed by atoms with van der Waals surface area (Å²) in [5, 5.41) is 3.28. The number of hydrogen-bond acceptors (Lipinski definition) is 2. The third-order valence-electron chi connectivity index (χ3n) is 3.23. The lowest BCUT2D eigenvalue weighted by Gasteiger charge is -2.14. The molecule has 1 amide bonds. The molecule has 2 aromatic carbocycles. The summed E-state index contributed by atoms with van der Waals surface area (Å²) in [6, 6.07) is 15.1. The first-order chi connectivity index (χ1) is 9.59. The lowest BCUT2D eigenvalue weighted by molar-refractivity contribution is 0.0952. The van der Waals surface area contributed by atoms with Crippen molar-refractivity contribution in [1.82, 2.24) is 5.32 Å². The molecule has 1 unspecified atom stereocenters. The van der Waals surface area contributed by atoms with Gasteiger partial charge in [-0.15, -0.1) is 0 Å². The van der Waals surface area contributed by atoms with Crippen LogP contribution in [0, 0.1) is 0 Å². The van der Waals surface area contributed by atoms with Crippen LogP contribution in [0.2, 0.25) is 5.02 Å². The van der Waals surface area contributed by atoms with Crippen molar-refractivity contribution in [3.63, 3.8) is 0 Å². The smallest absolute Gasteiger partial charge is 0.253 e. The summed E-state index contributed by atoms with van der Waals surface area (Å²) in [6.07, 6.45) is 0. The van der Waals surface area contributed by atoms with Crippen molar-refractivity contribution in [3.8, 4) is 0 Å².